The highest BCUT2D eigenvalue weighted by Gasteiger charge is 2.10. The van der Waals surface area contributed by atoms with E-state index in [1.165, 1.54) is 11.3 Å². The molecule has 0 aliphatic rings. The number of nitrogens with two attached hydrogens (primary N) is 2. The largest absolute Gasteiger partial charge is 0.480 e. The summed E-state index contributed by atoms with van der Waals surface area (Å²) in [5.74, 6) is -1.56. The molecule has 0 fully saturated rings. The summed E-state index contributed by atoms with van der Waals surface area (Å²) in [6.45, 7) is -0.401. The van der Waals surface area contributed by atoms with E-state index >= 15 is 0 Å². The van der Waals surface area contributed by atoms with Crippen molar-refractivity contribution in [1.29, 1.82) is 0 Å². The maximum Gasteiger partial charge on any atom is 0.322 e. The van der Waals surface area contributed by atoms with Gasteiger partial charge in [0.05, 0.1) is 12.1 Å². The van der Waals surface area contributed by atoms with E-state index in [1.807, 2.05) is 0 Å². The van der Waals surface area contributed by atoms with Gasteiger partial charge in [-0.25, -0.2) is 4.99 Å². The molecule has 0 aliphatic heterocycles. The van der Waals surface area contributed by atoms with E-state index in [0.717, 1.165) is 0 Å². The molecule has 0 aliphatic carbocycles. The summed E-state index contributed by atoms with van der Waals surface area (Å²) in [6.07, 6.45) is 0.0526. The van der Waals surface area contributed by atoms with Crippen LogP contribution >= 0.6 is 11.3 Å². The van der Waals surface area contributed by atoms with Gasteiger partial charge in [-0.1, -0.05) is 0 Å². The van der Waals surface area contributed by atoms with Gasteiger partial charge < -0.3 is 21.9 Å². The monoisotopic (exact) mass is 256 g/mol. The number of carboxylic acids is 1. The first-order valence-electron chi connectivity index (χ1n) is 4.63. The van der Waals surface area contributed by atoms with Crippen molar-refractivity contribution in [2.75, 3.05) is 6.54 Å². The summed E-state index contributed by atoms with van der Waals surface area (Å²) in [7, 11) is 0. The summed E-state index contributed by atoms with van der Waals surface area (Å²) in [6, 6.07) is 1.68. The van der Waals surface area contributed by atoms with Gasteiger partial charge in [-0.2, -0.15) is 0 Å². The molecule has 8 heteroatoms. The number of carboxylic acid groups (broad SMARTS) is 1. The summed E-state index contributed by atoms with van der Waals surface area (Å²) >= 11 is 1.33. The minimum absolute atomic E-state index is 0.0526. The molecule has 1 amide bonds. The van der Waals surface area contributed by atoms with Gasteiger partial charge in [0.25, 0.3) is 0 Å². The molecule has 0 saturated heterocycles. The van der Waals surface area contributed by atoms with Crippen molar-refractivity contribution in [2.24, 2.45) is 16.5 Å². The van der Waals surface area contributed by atoms with E-state index in [9.17, 15) is 9.59 Å². The highest BCUT2D eigenvalue weighted by atomic mass is 32.1. The fourth-order valence-corrected chi connectivity index (χ4v) is 1.90. The van der Waals surface area contributed by atoms with Gasteiger partial charge in [-0.05, 0) is 11.4 Å². The maximum atomic E-state index is 11.4. The minimum Gasteiger partial charge on any atom is -0.480 e. The van der Waals surface area contributed by atoms with Crippen LogP contribution in [0.1, 0.15) is 4.88 Å². The zero-order chi connectivity index (χ0) is 12.8. The lowest BCUT2D eigenvalue weighted by atomic mass is 10.3. The van der Waals surface area contributed by atoms with Crippen LogP contribution in [0.4, 0.5) is 5.69 Å². The Labute approximate surface area is 101 Å². The van der Waals surface area contributed by atoms with Crippen molar-refractivity contribution in [3.63, 3.8) is 0 Å². The zero-order valence-corrected chi connectivity index (χ0v) is 9.66. The summed E-state index contributed by atoms with van der Waals surface area (Å²) in [4.78, 5) is 26.2. The van der Waals surface area contributed by atoms with Crippen LogP contribution in [0.25, 0.3) is 0 Å². The molecule has 0 bridgehead atoms. The van der Waals surface area contributed by atoms with Crippen molar-refractivity contribution in [3.8, 4) is 0 Å². The first-order chi connectivity index (χ1) is 7.99. The SMILES string of the molecule is NC(N)=Nc1ccsc1CC(=O)NCC(=O)O. The Balaban J connectivity index is 2.62. The van der Waals surface area contributed by atoms with Gasteiger partial charge >= 0.3 is 5.97 Å². The predicted octanol–water partition coefficient (Wildman–Crippen LogP) is -0.604. The first-order valence-corrected chi connectivity index (χ1v) is 5.51. The number of hydrogen-bond acceptors (Lipinski definition) is 4. The van der Waals surface area contributed by atoms with Crippen LogP contribution in [-0.2, 0) is 16.0 Å². The average Bonchev–Trinajstić information content (AvgIpc) is 2.62. The van der Waals surface area contributed by atoms with Gasteiger partial charge in [0.15, 0.2) is 5.96 Å². The van der Waals surface area contributed by atoms with Gasteiger partial charge in [-0.15, -0.1) is 11.3 Å². The Morgan fingerprint density at radius 3 is 2.76 bits per heavy atom. The van der Waals surface area contributed by atoms with E-state index in [-0.39, 0.29) is 18.3 Å². The molecule has 0 spiro atoms. The van der Waals surface area contributed by atoms with Crippen molar-refractivity contribution >= 4 is 34.9 Å². The molecule has 0 atom stereocenters. The number of nitrogens with zero attached hydrogens (tertiary/aromatic N) is 1. The maximum absolute atomic E-state index is 11.4. The van der Waals surface area contributed by atoms with Gasteiger partial charge in [-0.3, -0.25) is 9.59 Å². The van der Waals surface area contributed by atoms with Crippen LogP contribution in [-0.4, -0.2) is 29.5 Å². The molecule has 1 aromatic heterocycles. The number of aliphatic imine (C=N–C) groups is 1. The number of aliphatic carboxylic acids is 1. The lowest BCUT2D eigenvalue weighted by Gasteiger charge is -2.01. The molecule has 0 unspecified atom stereocenters. The van der Waals surface area contributed by atoms with Crippen molar-refractivity contribution in [1.82, 2.24) is 5.32 Å². The predicted molar refractivity (Wildman–Crippen MR) is 64.1 cm³/mol. The number of rotatable bonds is 5. The quantitative estimate of drug-likeness (QED) is 0.412. The lowest BCUT2D eigenvalue weighted by Crippen LogP contribution is -2.30. The Morgan fingerprint density at radius 1 is 1.47 bits per heavy atom. The molecule has 0 saturated carbocycles. The number of carbonyl (C=O) groups is 2. The third-order valence-corrected chi connectivity index (χ3v) is 2.64. The number of thiophene rings is 1. The average molecular weight is 256 g/mol. The molecule has 7 nitrogen and oxygen atoms in total. The molecular weight excluding hydrogens is 244 g/mol. The van der Waals surface area contributed by atoms with Gasteiger partial charge in [0, 0.05) is 4.88 Å². The third-order valence-electron chi connectivity index (χ3n) is 1.73. The number of guanidine groups is 1. The van der Waals surface area contributed by atoms with Crippen LogP contribution < -0.4 is 16.8 Å². The molecule has 0 radical (unpaired) electrons. The summed E-state index contributed by atoms with van der Waals surface area (Å²) in [5, 5.41) is 12.4. The van der Waals surface area contributed by atoms with E-state index in [1.54, 1.807) is 11.4 Å². The van der Waals surface area contributed by atoms with E-state index < -0.39 is 12.5 Å². The number of amides is 1. The van der Waals surface area contributed by atoms with Crippen LogP contribution in [0.15, 0.2) is 16.4 Å². The number of carbonyl (C=O) groups excluding carboxylic acids is 1. The smallest absolute Gasteiger partial charge is 0.322 e. The van der Waals surface area contributed by atoms with E-state index in [2.05, 4.69) is 10.3 Å². The molecule has 1 aromatic rings. The number of hydrogen-bond donors (Lipinski definition) is 4. The van der Waals surface area contributed by atoms with Crippen LogP contribution in [0.5, 0.6) is 0 Å². The topological polar surface area (TPSA) is 131 Å². The second-order valence-electron chi connectivity index (χ2n) is 3.11. The standard InChI is InChI=1S/C9H12N4O3S/c10-9(11)13-5-1-2-17-6(5)3-7(14)12-4-8(15)16/h1-2H,3-4H2,(H,12,14)(H,15,16)(H4,10,11,13). The molecular formula is C9H12N4O3S. The molecule has 1 heterocycles. The third kappa shape index (κ3) is 4.51. The fourth-order valence-electron chi connectivity index (χ4n) is 1.09. The molecule has 17 heavy (non-hydrogen) atoms. The Kier molecular flexibility index (Phi) is 4.46. The van der Waals surface area contributed by atoms with Crippen LogP contribution in [0, 0.1) is 0 Å². The second kappa shape index (κ2) is 5.85. The summed E-state index contributed by atoms with van der Waals surface area (Å²) < 4.78 is 0. The second-order valence-corrected chi connectivity index (χ2v) is 4.11. The van der Waals surface area contributed by atoms with Crippen molar-refractivity contribution < 1.29 is 14.7 Å². The van der Waals surface area contributed by atoms with E-state index in [4.69, 9.17) is 16.6 Å². The highest BCUT2D eigenvalue weighted by Crippen LogP contribution is 2.25. The Hall–Kier alpha value is -2.09. The van der Waals surface area contributed by atoms with Crippen molar-refractivity contribution in [2.45, 2.75) is 6.42 Å². The summed E-state index contributed by atoms with van der Waals surface area (Å²) in [5.41, 5.74) is 11.0. The van der Waals surface area contributed by atoms with Crippen LogP contribution in [0.2, 0.25) is 0 Å². The minimum atomic E-state index is -1.09. The Bertz CT molecular complexity index is 451. The number of nitrogens with one attached hydrogen (secondary N) is 1. The Morgan fingerprint density at radius 2 is 2.18 bits per heavy atom. The van der Waals surface area contributed by atoms with Crippen molar-refractivity contribution in [3.05, 3.63) is 16.3 Å². The molecule has 6 N–H and O–H groups in total. The highest BCUT2D eigenvalue weighted by molar-refractivity contribution is 7.10. The molecule has 92 valence electrons. The molecule has 1 rings (SSSR count). The first kappa shape index (κ1) is 13.0. The van der Waals surface area contributed by atoms with Gasteiger partial charge in [0.1, 0.15) is 6.54 Å². The van der Waals surface area contributed by atoms with Crippen LogP contribution in [0.3, 0.4) is 0 Å². The molecule has 0 aromatic carbocycles. The normalized spacial score (nSPS) is 9.65. The van der Waals surface area contributed by atoms with Gasteiger partial charge in [0.2, 0.25) is 5.91 Å². The lowest BCUT2D eigenvalue weighted by molar-refractivity contribution is -0.137. The fraction of sp³-hybridized carbons (Fsp3) is 0.222. The zero-order valence-electron chi connectivity index (χ0n) is 8.84. The van der Waals surface area contributed by atoms with E-state index in [0.29, 0.717) is 10.6 Å².